The molecule has 1 aliphatic heterocycles. The van der Waals surface area contributed by atoms with Crippen molar-refractivity contribution in [1.82, 2.24) is 19.8 Å². The molecule has 3 aromatic rings. The minimum atomic E-state index is -0.269. The first-order valence-electron chi connectivity index (χ1n) is 9.09. The Morgan fingerprint density at radius 2 is 2.07 bits per heavy atom. The fourth-order valence-corrected chi connectivity index (χ4v) is 3.99. The van der Waals surface area contributed by atoms with Crippen LogP contribution in [0.4, 0.5) is 4.39 Å². The average Bonchev–Trinajstić information content (AvgIpc) is 3.31. The van der Waals surface area contributed by atoms with E-state index in [0.29, 0.717) is 18.3 Å². The van der Waals surface area contributed by atoms with E-state index in [2.05, 4.69) is 15.2 Å². The monoisotopic (exact) mass is 396 g/mol. The zero-order valence-electron chi connectivity index (χ0n) is 15.5. The van der Waals surface area contributed by atoms with Crippen LogP contribution in [0.1, 0.15) is 23.5 Å². The number of benzene rings is 1. The fraction of sp³-hybridized carbons (Fsp3) is 0.238. The zero-order valence-corrected chi connectivity index (χ0v) is 16.3. The molecular weight excluding hydrogens is 375 g/mol. The first-order valence-corrected chi connectivity index (χ1v) is 9.50. The summed E-state index contributed by atoms with van der Waals surface area (Å²) in [4.78, 5) is 6.65. The third-order valence-corrected chi connectivity index (χ3v) is 5.26. The van der Waals surface area contributed by atoms with E-state index < -0.39 is 0 Å². The maximum Gasteiger partial charge on any atom is 0.170 e. The molecule has 1 N–H and O–H groups in total. The first kappa shape index (κ1) is 18.6. The maximum absolute atomic E-state index is 13.8. The lowest BCUT2D eigenvalue weighted by atomic mass is 10.0. The Kier molecular flexibility index (Phi) is 5.36. The van der Waals surface area contributed by atoms with Crippen LogP contribution in [-0.2, 0) is 4.74 Å². The fourth-order valence-electron chi connectivity index (χ4n) is 3.65. The number of nitrogens with one attached hydrogen (secondary N) is 1. The van der Waals surface area contributed by atoms with Gasteiger partial charge in [0.15, 0.2) is 5.11 Å². The molecule has 0 aliphatic carbocycles. The Hall–Kier alpha value is -2.77. The lowest BCUT2D eigenvalue weighted by molar-refractivity contribution is 0.163. The van der Waals surface area contributed by atoms with Crippen LogP contribution in [0.25, 0.3) is 5.69 Å². The number of rotatable bonds is 6. The summed E-state index contributed by atoms with van der Waals surface area (Å²) in [5.41, 5.74) is 2.68. The molecule has 0 amide bonds. The van der Waals surface area contributed by atoms with E-state index in [9.17, 15) is 4.39 Å². The molecule has 2 aromatic heterocycles. The van der Waals surface area contributed by atoms with Gasteiger partial charge >= 0.3 is 0 Å². The van der Waals surface area contributed by atoms with Crippen LogP contribution in [-0.4, -0.2) is 39.8 Å². The summed E-state index contributed by atoms with van der Waals surface area (Å²) in [5.74, 6) is -0.269. The van der Waals surface area contributed by atoms with Crippen molar-refractivity contribution in [2.45, 2.75) is 12.1 Å². The second-order valence-electron chi connectivity index (χ2n) is 6.60. The molecule has 4 rings (SSSR count). The number of halogens is 1. The zero-order chi connectivity index (χ0) is 19.5. The summed E-state index contributed by atoms with van der Waals surface area (Å²) < 4.78 is 21.1. The molecule has 7 heteroatoms. The quantitative estimate of drug-likeness (QED) is 0.645. The van der Waals surface area contributed by atoms with E-state index in [1.807, 2.05) is 47.2 Å². The van der Waals surface area contributed by atoms with Crippen molar-refractivity contribution >= 4 is 17.3 Å². The van der Waals surface area contributed by atoms with Crippen LogP contribution in [0.15, 0.2) is 67.0 Å². The number of ether oxygens (including phenoxy) is 1. The molecule has 144 valence electrons. The van der Waals surface area contributed by atoms with Crippen LogP contribution in [0, 0.1) is 5.82 Å². The highest BCUT2D eigenvalue weighted by molar-refractivity contribution is 7.80. The van der Waals surface area contributed by atoms with Crippen LogP contribution in [0.2, 0.25) is 0 Å². The van der Waals surface area contributed by atoms with Crippen molar-refractivity contribution in [2.75, 3.05) is 20.3 Å². The van der Waals surface area contributed by atoms with E-state index in [-0.39, 0.29) is 17.9 Å². The van der Waals surface area contributed by atoms with E-state index in [1.165, 1.54) is 12.1 Å². The molecule has 1 aromatic carbocycles. The number of aromatic nitrogens is 2. The Labute approximate surface area is 168 Å². The van der Waals surface area contributed by atoms with Crippen molar-refractivity contribution in [1.29, 1.82) is 0 Å². The average molecular weight is 396 g/mol. The third kappa shape index (κ3) is 3.50. The summed E-state index contributed by atoms with van der Waals surface area (Å²) in [5, 5.41) is 4.07. The van der Waals surface area contributed by atoms with Gasteiger partial charge in [-0.2, -0.15) is 0 Å². The second-order valence-corrected chi connectivity index (χ2v) is 6.98. The minimum Gasteiger partial charge on any atom is -0.383 e. The molecule has 1 saturated heterocycles. The molecular formula is C21H21FN4OS. The number of nitrogens with zero attached hydrogens (tertiary/aromatic N) is 3. The molecule has 0 radical (unpaired) electrons. The molecule has 28 heavy (non-hydrogen) atoms. The van der Waals surface area contributed by atoms with Gasteiger partial charge in [-0.25, -0.2) is 4.39 Å². The Morgan fingerprint density at radius 3 is 2.82 bits per heavy atom. The summed E-state index contributed by atoms with van der Waals surface area (Å²) >= 11 is 5.62. The Morgan fingerprint density at radius 1 is 1.18 bits per heavy atom. The van der Waals surface area contributed by atoms with Gasteiger partial charge in [-0.3, -0.25) is 4.98 Å². The van der Waals surface area contributed by atoms with Crippen LogP contribution in [0.5, 0.6) is 0 Å². The molecule has 1 fully saturated rings. The van der Waals surface area contributed by atoms with Gasteiger partial charge in [0.25, 0.3) is 0 Å². The van der Waals surface area contributed by atoms with Crippen molar-refractivity contribution in [3.8, 4) is 5.69 Å². The van der Waals surface area contributed by atoms with Crippen molar-refractivity contribution in [3.63, 3.8) is 0 Å². The summed E-state index contributed by atoms with van der Waals surface area (Å²) in [7, 11) is 1.67. The molecule has 0 bridgehead atoms. The van der Waals surface area contributed by atoms with E-state index in [0.717, 1.165) is 17.1 Å². The normalized spacial score (nSPS) is 19.1. The lowest BCUT2D eigenvalue weighted by Crippen LogP contribution is -2.33. The number of thiocarbonyl (C=S) groups is 1. The molecule has 0 saturated carbocycles. The predicted octanol–water partition coefficient (Wildman–Crippen LogP) is 3.63. The first-order chi connectivity index (χ1) is 13.7. The predicted molar refractivity (Wildman–Crippen MR) is 110 cm³/mol. The smallest absolute Gasteiger partial charge is 0.170 e. The van der Waals surface area contributed by atoms with Crippen LogP contribution < -0.4 is 5.32 Å². The lowest BCUT2D eigenvalue weighted by Gasteiger charge is -2.28. The molecule has 5 nitrogen and oxygen atoms in total. The summed E-state index contributed by atoms with van der Waals surface area (Å²) in [6.07, 6.45) is 3.72. The minimum absolute atomic E-state index is 0.101. The summed E-state index contributed by atoms with van der Waals surface area (Å²) in [6, 6.07) is 16.2. The van der Waals surface area contributed by atoms with E-state index in [4.69, 9.17) is 17.0 Å². The SMILES string of the molecule is COCCN1C(=S)NC(c2ccccn2)C1c1cccn1-c1cccc(F)c1. The largest absolute Gasteiger partial charge is 0.383 e. The maximum atomic E-state index is 13.8. The number of hydrogen-bond donors (Lipinski definition) is 1. The van der Waals surface area contributed by atoms with Crippen molar-refractivity contribution in [3.05, 3.63) is 84.2 Å². The van der Waals surface area contributed by atoms with E-state index in [1.54, 1.807) is 19.4 Å². The van der Waals surface area contributed by atoms with Crippen LogP contribution >= 0.6 is 12.2 Å². The van der Waals surface area contributed by atoms with Gasteiger partial charge in [0.2, 0.25) is 0 Å². The molecule has 1 aliphatic rings. The van der Waals surface area contributed by atoms with Gasteiger partial charge in [-0.1, -0.05) is 12.1 Å². The highest BCUT2D eigenvalue weighted by Crippen LogP contribution is 2.39. The van der Waals surface area contributed by atoms with Gasteiger partial charge in [0, 0.05) is 37.4 Å². The van der Waals surface area contributed by atoms with Gasteiger partial charge in [0.1, 0.15) is 5.82 Å². The topological polar surface area (TPSA) is 42.3 Å². The van der Waals surface area contributed by atoms with Gasteiger partial charge in [0.05, 0.1) is 24.4 Å². The standard InChI is InChI=1S/C21H21FN4OS/c1-27-13-12-26-20(19(24-21(26)28)17-8-2-3-10-23-17)18-9-5-11-25(18)16-7-4-6-15(22)14-16/h2-11,14,19-20H,12-13H2,1H3,(H,24,28). The van der Waals surface area contributed by atoms with Gasteiger partial charge in [-0.05, 0) is 54.7 Å². The highest BCUT2D eigenvalue weighted by Gasteiger charge is 2.41. The van der Waals surface area contributed by atoms with Crippen LogP contribution in [0.3, 0.4) is 0 Å². The van der Waals surface area contributed by atoms with Gasteiger partial charge in [-0.15, -0.1) is 0 Å². The molecule has 3 heterocycles. The highest BCUT2D eigenvalue weighted by atomic mass is 32.1. The van der Waals surface area contributed by atoms with Gasteiger partial charge < -0.3 is 19.5 Å². The molecule has 0 spiro atoms. The third-order valence-electron chi connectivity index (χ3n) is 4.90. The summed E-state index contributed by atoms with van der Waals surface area (Å²) in [6.45, 7) is 1.19. The number of pyridine rings is 1. The second kappa shape index (κ2) is 8.08. The molecule has 2 atom stereocenters. The molecule has 2 unspecified atom stereocenters. The van der Waals surface area contributed by atoms with Crippen molar-refractivity contribution in [2.24, 2.45) is 0 Å². The van der Waals surface area contributed by atoms with E-state index >= 15 is 0 Å². The van der Waals surface area contributed by atoms with Crippen molar-refractivity contribution < 1.29 is 9.13 Å². The Balaban J connectivity index is 1.79. The Bertz CT molecular complexity index is 962. The number of hydrogen-bond acceptors (Lipinski definition) is 3. The number of methoxy groups -OCH3 is 1.